The average molecular weight is 290 g/mol. The number of rotatable bonds is 3. The molecule has 1 fully saturated rings. The third-order valence-electron chi connectivity index (χ3n) is 2.79. The van der Waals surface area contributed by atoms with Crippen LogP contribution in [0, 0.1) is 11.6 Å². The first kappa shape index (κ1) is 13.9. The summed E-state index contributed by atoms with van der Waals surface area (Å²) in [5, 5.41) is 2.53. The van der Waals surface area contributed by atoms with Crippen LogP contribution in [0.5, 0.6) is 0 Å². The summed E-state index contributed by atoms with van der Waals surface area (Å²) in [5.41, 5.74) is 0. The van der Waals surface area contributed by atoms with Gasteiger partial charge in [0.05, 0.1) is 4.90 Å². The van der Waals surface area contributed by atoms with E-state index in [2.05, 4.69) is 10.0 Å². The summed E-state index contributed by atoms with van der Waals surface area (Å²) in [6, 6.07) is 1.92. The molecule has 2 N–H and O–H groups in total. The maximum Gasteiger partial charge on any atom is 0.240 e. The number of benzene rings is 1. The third-order valence-corrected chi connectivity index (χ3v) is 4.31. The van der Waals surface area contributed by atoms with Crippen molar-refractivity contribution in [3.05, 3.63) is 29.8 Å². The fourth-order valence-corrected chi connectivity index (χ4v) is 3.05. The smallest absolute Gasteiger partial charge is 0.240 e. The molecular weight excluding hydrogens is 278 g/mol. The van der Waals surface area contributed by atoms with Crippen LogP contribution in [-0.4, -0.2) is 26.9 Å². The molecule has 1 amide bonds. The van der Waals surface area contributed by atoms with Gasteiger partial charge in [-0.3, -0.25) is 4.79 Å². The van der Waals surface area contributed by atoms with Gasteiger partial charge in [0.1, 0.15) is 0 Å². The molecule has 104 valence electrons. The number of nitrogens with one attached hydrogen (secondary N) is 2. The van der Waals surface area contributed by atoms with Crippen molar-refractivity contribution >= 4 is 15.9 Å². The Kier molecular flexibility index (Phi) is 3.81. The molecule has 0 aromatic heterocycles. The number of piperidine rings is 1. The van der Waals surface area contributed by atoms with E-state index in [0.29, 0.717) is 12.5 Å². The normalized spacial score (nSPS) is 20.1. The summed E-state index contributed by atoms with van der Waals surface area (Å²) in [6.07, 6.45) is 0.597. The Balaban J connectivity index is 2.13. The van der Waals surface area contributed by atoms with Gasteiger partial charge < -0.3 is 5.32 Å². The van der Waals surface area contributed by atoms with Crippen LogP contribution in [0.2, 0.25) is 0 Å². The molecule has 0 bridgehead atoms. The first-order valence-corrected chi connectivity index (χ1v) is 7.11. The topological polar surface area (TPSA) is 75.3 Å². The van der Waals surface area contributed by atoms with Crippen LogP contribution in [0.4, 0.5) is 8.78 Å². The van der Waals surface area contributed by atoms with Gasteiger partial charge in [0.15, 0.2) is 11.6 Å². The fourth-order valence-electron chi connectivity index (χ4n) is 1.76. The van der Waals surface area contributed by atoms with Crippen molar-refractivity contribution in [3.8, 4) is 0 Å². The molecule has 1 saturated heterocycles. The Bertz CT molecular complexity index is 594. The van der Waals surface area contributed by atoms with Crippen LogP contribution >= 0.6 is 0 Å². The maximum atomic E-state index is 13.0. The molecule has 8 heteroatoms. The second-order valence-electron chi connectivity index (χ2n) is 4.24. The van der Waals surface area contributed by atoms with Crippen LogP contribution in [-0.2, 0) is 14.8 Å². The quantitative estimate of drug-likeness (QED) is 0.852. The highest BCUT2D eigenvalue weighted by Crippen LogP contribution is 2.15. The summed E-state index contributed by atoms with van der Waals surface area (Å²) >= 11 is 0. The van der Waals surface area contributed by atoms with Gasteiger partial charge in [0.2, 0.25) is 15.9 Å². The standard InChI is InChI=1S/C11H12F2N2O3S/c12-9-3-2-8(5-10(9)13)19(17,18)15-7-1-4-11(16)14-6-7/h2-3,5,7,15H,1,4,6H2,(H,14,16). The SMILES string of the molecule is O=C1CCC(NS(=O)(=O)c2ccc(F)c(F)c2)CN1. The van der Waals surface area contributed by atoms with Crippen molar-refractivity contribution in [3.63, 3.8) is 0 Å². The van der Waals surface area contributed by atoms with E-state index >= 15 is 0 Å². The summed E-state index contributed by atoms with van der Waals surface area (Å²) < 4.78 is 52.0. The van der Waals surface area contributed by atoms with E-state index in [1.807, 2.05) is 0 Å². The summed E-state index contributed by atoms with van der Waals surface area (Å²) in [4.78, 5) is 10.6. The molecule has 1 aliphatic rings. The number of amides is 1. The molecule has 1 aromatic rings. The average Bonchev–Trinajstić information content (AvgIpc) is 2.35. The third kappa shape index (κ3) is 3.27. The van der Waals surface area contributed by atoms with Crippen molar-refractivity contribution in [2.45, 2.75) is 23.8 Å². The minimum atomic E-state index is -3.92. The molecule has 5 nitrogen and oxygen atoms in total. The molecule has 1 atom stereocenters. The van der Waals surface area contributed by atoms with E-state index in [4.69, 9.17) is 0 Å². The molecule has 19 heavy (non-hydrogen) atoms. The highest BCUT2D eigenvalue weighted by molar-refractivity contribution is 7.89. The zero-order valence-electron chi connectivity index (χ0n) is 9.82. The summed E-state index contributed by atoms with van der Waals surface area (Å²) in [6.45, 7) is 0.182. The van der Waals surface area contributed by atoms with Crippen molar-refractivity contribution in [2.75, 3.05) is 6.54 Å². The van der Waals surface area contributed by atoms with Gasteiger partial charge in [-0.1, -0.05) is 0 Å². The van der Waals surface area contributed by atoms with E-state index in [9.17, 15) is 22.0 Å². The lowest BCUT2D eigenvalue weighted by molar-refractivity contribution is -0.122. The minimum absolute atomic E-state index is 0.136. The largest absolute Gasteiger partial charge is 0.355 e. The number of hydrogen-bond donors (Lipinski definition) is 2. The first-order valence-electron chi connectivity index (χ1n) is 5.62. The van der Waals surface area contributed by atoms with Crippen LogP contribution in [0.3, 0.4) is 0 Å². The number of carbonyl (C=O) groups is 1. The van der Waals surface area contributed by atoms with Gasteiger partial charge in [0, 0.05) is 19.0 Å². The van der Waals surface area contributed by atoms with Crippen molar-refractivity contribution < 1.29 is 22.0 Å². The van der Waals surface area contributed by atoms with E-state index in [1.54, 1.807) is 0 Å². The molecule has 0 saturated carbocycles. The zero-order valence-corrected chi connectivity index (χ0v) is 10.6. The van der Waals surface area contributed by atoms with Crippen LogP contribution in [0.25, 0.3) is 0 Å². The Morgan fingerprint density at radius 2 is 2.00 bits per heavy atom. The second-order valence-corrected chi connectivity index (χ2v) is 5.95. The van der Waals surface area contributed by atoms with Crippen molar-refractivity contribution in [1.82, 2.24) is 10.0 Å². The molecule has 1 aliphatic heterocycles. The first-order chi connectivity index (χ1) is 8.88. The van der Waals surface area contributed by atoms with E-state index in [0.717, 1.165) is 12.1 Å². The molecule has 0 radical (unpaired) electrons. The van der Waals surface area contributed by atoms with E-state index < -0.39 is 27.7 Å². The lowest BCUT2D eigenvalue weighted by atomic mass is 10.1. The fraction of sp³-hybridized carbons (Fsp3) is 0.364. The number of halogens is 2. The van der Waals surface area contributed by atoms with Crippen molar-refractivity contribution in [2.24, 2.45) is 0 Å². The minimum Gasteiger partial charge on any atom is -0.355 e. The molecule has 2 rings (SSSR count). The Labute approximate surface area is 109 Å². The second kappa shape index (κ2) is 5.22. The lowest BCUT2D eigenvalue weighted by Gasteiger charge is -2.23. The lowest BCUT2D eigenvalue weighted by Crippen LogP contribution is -2.47. The van der Waals surface area contributed by atoms with Crippen LogP contribution in [0.15, 0.2) is 23.1 Å². The van der Waals surface area contributed by atoms with Gasteiger partial charge >= 0.3 is 0 Å². The number of hydrogen-bond acceptors (Lipinski definition) is 3. The van der Waals surface area contributed by atoms with Crippen LogP contribution in [0.1, 0.15) is 12.8 Å². The molecule has 0 spiro atoms. The van der Waals surface area contributed by atoms with Gasteiger partial charge in [0.25, 0.3) is 0 Å². The Hall–Kier alpha value is -1.54. The maximum absolute atomic E-state index is 13.0. The van der Waals surface area contributed by atoms with Gasteiger partial charge in [-0.25, -0.2) is 21.9 Å². The van der Waals surface area contributed by atoms with Gasteiger partial charge in [-0.15, -0.1) is 0 Å². The highest BCUT2D eigenvalue weighted by atomic mass is 32.2. The molecule has 1 aromatic carbocycles. The monoisotopic (exact) mass is 290 g/mol. The van der Waals surface area contributed by atoms with E-state index in [-0.39, 0.29) is 23.8 Å². The molecule has 1 unspecified atom stereocenters. The number of sulfonamides is 1. The predicted molar refractivity (Wildman–Crippen MR) is 62.7 cm³/mol. The van der Waals surface area contributed by atoms with E-state index in [1.165, 1.54) is 0 Å². The highest BCUT2D eigenvalue weighted by Gasteiger charge is 2.24. The number of carbonyl (C=O) groups excluding carboxylic acids is 1. The molecule has 1 heterocycles. The van der Waals surface area contributed by atoms with Gasteiger partial charge in [-0.2, -0.15) is 0 Å². The summed E-state index contributed by atoms with van der Waals surface area (Å²) in [7, 11) is -3.92. The zero-order chi connectivity index (χ0) is 14.0. The Morgan fingerprint density at radius 3 is 2.58 bits per heavy atom. The van der Waals surface area contributed by atoms with Crippen LogP contribution < -0.4 is 10.0 Å². The molecule has 0 aliphatic carbocycles. The molecular formula is C11H12F2N2O3S. The summed E-state index contributed by atoms with van der Waals surface area (Å²) in [5.74, 6) is -2.47. The van der Waals surface area contributed by atoms with Gasteiger partial charge in [-0.05, 0) is 24.6 Å². The van der Waals surface area contributed by atoms with Crippen molar-refractivity contribution in [1.29, 1.82) is 0 Å². The predicted octanol–water partition coefficient (Wildman–Crippen LogP) is 0.522. The Morgan fingerprint density at radius 1 is 1.26 bits per heavy atom.